The van der Waals surface area contributed by atoms with E-state index in [2.05, 4.69) is 34.5 Å². The summed E-state index contributed by atoms with van der Waals surface area (Å²) in [5.74, 6) is -0.180. The molecule has 0 unspecified atom stereocenters. The molecule has 0 bridgehead atoms. The maximum absolute atomic E-state index is 12.9. The van der Waals surface area contributed by atoms with Gasteiger partial charge in [0.1, 0.15) is 0 Å². The highest BCUT2D eigenvalue weighted by Crippen LogP contribution is 2.27. The molecule has 1 heterocycles. The largest absolute Gasteiger partial charge is 0.326 e. The van der Waals surface area contributed by atoms with E-state index in [1.54, 1.807) is 28.6 Å². The first-order valence-corrected chi connectivity index (χ1v) is 11.1. The number of carbonyl (C=O) groups excluding carboxylic acids is 1. The molecular weight excluding hydrogens is 374 g/mol. The Kier molecular flexibility index (Phi) is 5.23. The quantitative estimate of drug-likeness (QED) is 0.855. The van der Waals surface area contributed by atoms with Crippen LogP contribution >= 0.6 is 0 Å². The van der Waals surface area contributed by atoms with Crippen LogP contribution in [-0.4, -0.2) is 55.8 Å². The third kappa shape index (κ3) is 3.83. The van der Waals surface area contributed by atoms with Crippen molar-refractivity contribution >= 4 is 21.6 Å². The molecule has 0 radical (unpaired) electrons. The Balaban J connectivity index is 1.38. The number of rotatable bonds is 4. The average Bonchev–Trinajstić information content (AvgIpc) is 3.12. The molecule has 1 aliphatic heterocycles. The van der Waals surface area contributed by atoms with Crippen LogP contribution in [0.4, 0.5) is 5.69 Å². The van der Waals surface area contributed by atoms with Gasteiger partial charge in [-0.1, -0.05) is 24.3 Å². The molecule has 0 aromatic heterocycles. The molecule has 1 amide bonds. The molecule has 0 spiro atoms. The molecule has 1 aliphatic carbocycles. The minimum atomic E-state index is -3.51. The van der Waals surface area contributed by atoms with Crippen molar-refractivity contribution in [1.29, 1.82) is 0 Å². The van der Waals surface area contributed by atoms with Gasteiger partial charge in [0.2, 0.25) is 15.9 Å². The first-order chi connectivity index (χ1) is 13.4. The number of sulfonamides is 1. The van der Waals surface area contributed by atoms with Crippen molar-refractivity contribution in [3.8, 4) is 0 Å². The summed E-state index contributed by atoms with van der Waals surface area (Å²) >= 11 is 0. The summed E-state index contributed by atoms with van der Waals surface area (Å²) in [7, 11) is -3.51. The standard InChI is InChI=1S/C21H25N3O3S/c1-16(25)22-19-6-8-21(9-7-19)28(26,27)24-12-10-23(11-13-24)20-14-17-4-2-3-5-18(17)15-20/h2-9,20H,10-15H2,1H3,(H,22,25). The van der Waals surface area contributed by atoms with Crippen LogP contribution in [0, 0.1) is 0 Å². The summed E-state index contributed by atoms with van der Waals surface area (Å²) in [6.45, 7) is 3.93. The van der Waals surface area contributed by atoms with Crippen molar-refractivity contribution in [2.75, 3.05) is 31.5 Å². The van der Waals surface area contributed by atoms with Crippen LogP contribution in [0.15, 0.2) is 53.4 Å². The molecule has 1 N–H and O–H groups in total. The number of benzene rings is 2. The maximum Gasteiger partial charge on any atom is 0.243 e. The molecule has 6 nitrogen and oxygen atoms in total. The smallest absolute Gasteiger partial charge is 0.243 e. The number of nitrogens with zero attached hydrogens (tertiary/aromatic N) is 2. The highest BCUT2D eigenvalue weighted by Gasteiger charge is 2.33. The van der Waals surface area contributed by atoms with E-state index < -0.39 is 10.0 Å². The Morgan fingerprint density at radius 2 is 1.50 bits per heavy atom. The number of hydrogen-bond acceptors (Lipinski definition) is 4. The second kappa shape index (κ2) is 7.66. The van der Waals surface area contributed by atoms with E-state index in [9.17, 15) is 13.2 Å². The summed E-state index contributed by atoms with van der Waals surface area (Å²) in [6, 6.07) is 15.4. The molecule has 0 saturated carbocycles. The predicted molar refractivity (Wildman–Crippen MR) is 109 cm³/mol. The lowest BCUT2D eigenvalue weighted by atomic mass is 10.1. The van der Waals surface area contributed by atoms with Crippen LogP contribution in [0.5, 0.6) is 0 Å². The van der Waals surface area contributed by atoms with Crippen molar-refractivity contribution in [2.24, 2.45) is 0 Å². The van der Waals surface area contributed by atoms with E-state index in [0.29, 0.717) is 24.8 Å². The number of carbonyl (C=O) groups is 1. The lowest BCUT2D eigenvalue weighted by molar-refractivity contribution is -0.114. The van der Waals surface area contributed by atoms with Gasteiger partial charge in [-0.25, -0.2) is 8.42 Å². The fraction of sp³-hybridized carbons (Fsp3) is 0.381. The molecular formula is C21H25N3O3S. The molecule has 148 valence electrons. The third-order valence-corrected chi connectivity index (χ3v) is 7.54. The van der Waals surface area contributed by atoms with Gasteiger partial charge in [0.25, 0.3) is 0 Å². The SMILES string of the molecule is CC(=O)Nc1ccc(S(=O)(=O)N2CCN(C3Cc4ccccc4C3)CC2)cc1. The summed E-state index contributed by atoms with van der Waals surface area (Å²) in [4.78, 5) is 13.8. The lowest BCUT2D eigenvalue weighted by Gasteiger charge is -2.37. The van der Waals surface area contributed by atoms with Crippen LogP contribution in [0.1, 0.15) is 18.1 Å². The van der Waals surface area contributed by atoms with Gasteiger partial charge < -0.3 is 5.32 Å². The number of hydrogen-bond donors (Lipinski definition) is 1. The van der Waals surface area contributed by atoms with Gasteiger partial charge in [-0.05, 0) is 48.2 Å². The van der Waals surface area contributed by atoms with E-state index >= 15 is 0 Å². The first kappa shape index (κ1) is 19.1. The van der Waals surface area contributed by atoms with E-state index in [4.69, 9.17) is 0 Å². The summed E-state index contributed by atoms with van der Waals surface area (Å²) in [6.07, 6.45) is 2.10. The van der Waals surface area contributed by atoms with Crippen molar-refractivity contribution in [3.63, 3.8) is 0 Å². The number of piperazine rings is 1. The van der Waals surface area contributed by atoms with Crippen molar-refractivity contribution < 1.29 is 13.2 Å². The highest BCUT2D eigenvalue weighted by atomic mass is 32.2. The van der Waals surface area contributed by atoms with E-state index in [1.165, 1.54) is 18.1 Å². The summed E-state index contributed by atoms with van der Waals surface area (Å²) in [5.41, 5.74) is 3.43. The summed E-state index contributed by atoms with van der Waals surface area (Å²) < 4.78 is 27.5. The Labute approximate surface area is 166 Å². The highest BCUT2D eigenvalue weighted by molar-refractivity contribution is 7.89. The zero-order chi connectivity index (χ0) is 19.7. The predicted octanol–water partition coefficient (Wildman–Crippen LogP) is 2.12. The van der Waals surface area contributed by atoms with Crippen molar-refractivity contribution in [3.05, 3.63) is 59.7 Å². The fourth-order valence-electron chi connectivity index (χ4n) is 4.17. The van der Waals surface area contributed by atoms with Crippen LogP contribution in [0.2, 0.25) is 0 Å². The van der Waals surface area contributed by atoms with Gasteiger partial charge in [-0.3, -0.25) is 9.69 Å². The fourth-order valence-corrected chi connectivity index (χ4v) is 5.59. The molecule has 2 aromatic carbocycles. The van der Waals surface area contributed by atoms with E-state index in [-0.39, 0.29) is 10.8 Å². The number of anilines is 1. The number of fused-ring (bicyclic) bond motifs is 1. The molecule has 2 aromatic rings. The molecule has 2 aliphatic rings. The minimum absolute atomic E-state index is 0.180. The molecule has 28 heavy (non-hydrogen) atoms. The Bertz CT molecular complexity index is 940. The van der Waals surface area contributed by atoms with Crippen LogP contribution in [-0.2, 0) is 27.7 Å². The first-order valence-electron chi connectivity index (χ1n) is 9.62. The average molecular weight is 400 g/mol. The Morgan fingerprint density at radius 3 is 2.04 bits per heavy atom. The van der Waals surface area contributed by atoms with E-state index in [1.807, 2.05) is 0 Å². The van der Waals surface area contributed by atoms with Gasteiger partial charge in [0.15, 0.2) is 0 Å². The monoisotopic (exact) mass is 399 g/mol. The van der Waals surface area contributed by atoms with E-state index in [0.717, 1.165) is 25.9 Å². The van der Waals surface area contributed by atoms with Crippen LogP contribution in [0.3, 0.4) is 0 Å². The van der Waals surface area contributed by atoms with Gasteiger partial charge in [-0.2, -0.15) is 4.31 Å². The number of amides is 1. The topological polar surface area (TPSA) is 69.7 Å². The number of nitrogens with one attached hydrogen (secondary N) is 1. The van der Waals surface area contributed by atoms with Gasteiger partial charge in [-0.15, -0.1) is 0 Å². The molecule has 7 heteroatoms. The molecule has 0 atom stereocenters. The second-order valence-electron chi connectivity index (χ2n) is 7.48. The maximum atomic E-state index is 12.9. The molecule has 4 rings (SSSR count). The minimum Gasteiger partial charge on any atom is -0.326 e. The third-order valence-electron chi connectivity index (χ3n) is 5.63. The van der Waals surface area contributed by atoms with Gasteiger partial charge in [0, 0.05) is 44.8 Å². The molecule has 1 fully saturated rings. The van der Waals surface area contributed by atoms with Crippen molar-refractivity contribution in [2.45, 2.75) is 30.7 Å². The zero-order valence-electron chi connectivity index (χ0n) is 16.0. The zero-order valence-corrected chi connectivity index (χ0v) is 16.8. The Morgan fingerprint density at radius 1 is 0.929 bits per heavy atom. The second-order valence-corrected chi connectivity index (χ2v) is 9.41. The van der Waals surface area contributed by atoms with Crippen molar-refractivity contribution in [1.82, 2.24) is 9.21 Å². The van der Waals surface area contributed by atoms with Crippen LogP contribution in [0.25, 0.3) is 0 Å². The molecule has 1 saturated heterocycles. The van der Waals surface area contributed by atoms with Crippen LogP contribution < -0.4 is 5.32 Å². The Hall–Kier alpha value is -2.22. The van der Waals surface area contributed by atoms with Gasteiger partial charge >= 0.3 is 0 Å². The van der Waals surface area contributed by atoms with Gasteiger partial charge in [0.05, 0.1) is 4.90 Å². The lowest BCUT2D eigenvalue weighted by Crippen LogP contribution is -2.52. The summed E-state index contributed by atoms with van der Waals surface area (Å²) in [5, 5.41) is 2.65. The normalized spacial score (nSPS) is 18.8.